The van der Waals surface area contributed by atoms with Gasteiger partial charge >= 0.3 is 0 Å². The number of nitrogens with one attached hydrogen (secondary N) is 1. The monoisotopic (exact) mass is 441 g/mol. The predicted octanol–water partition coefficient (Wildman–Crippen LogP) is 4.59. The topological polar surface area (TPSA) is 94.3 Å². The molecule has 2 aromatic heterocycles. The van der Waals surface area contributed by atoms with Gasteiger partial charge in [0.2, 0.25) is 11.7 Å². The molecule has 0 unspecified atom stereocenters. The highest BCUT2D eigenvalue weighted by Gasteiger charge is 2.18. The van der Waals surface area contributed by atoms with Crippen molar-refractivity contribution in [2.75, 3.05) is 11.3 Å². The Balaban J connectivity index is 1.54. The van der Waals surface area contributed by atoms with E-state index in [0.717, 1.165) is 10.4 Å². The number of rotatable bonds is 8. The van der Waals surface area contributed by atoms with E-state index in [1.54, 1.807) is 24.3 Å². The summed E-state index contributed by atoms with van der Waals surface area (Å²) in [6.45, 7) is 2.39. The van der Waals surface area contributed by atoms with Gasteiger partial charge in [0.1, 0.15) is 5.75 Å². The standard InChI is InChI=1S/C21H19N3O4S2/c1-2-27-16-9-11-17(12-10-16)30(25,26)24-18-7-4-3-6-15(18)14-20-22-21(23-28-20)19-8-5-13-29-19/h3-13,24H,2,14H2,1H3. The quantitative estimate of drug-likeness (QED) is 0.430. The van der Waals surface area contributed by atoms with Crippen molar-refractivity contribution in [3.63, 3.8) is 0 Å². The fourth-order valence-electron chi connectivity index (χ4n) is 2.85. The zero-order chi connectivity index (χ0) is 21.0. The summed E-state index contributed by atoms with van der Waals surface area (Å²) >= 11 is 1.52. The summed E-state index contributed by atoms with van der Waals surface area (Å²) in [5.41, 5.74) is 1.19. The van der Waals surface area contributed by atoms with Crippen LogP contribution in [0.5, 0.6) is 5.75 Å². The summed E-state index contributed by atoms with van der Waals surface area (Å²) in [6.07, 6.45) is 0.306. The van der Waals surface area contributed by atoms with E-state index in [1.807, 2.05) is 36.6 Å². The average molecular weight is 442 g/mol. The number of hydrogen-bond donors (Lipinski definition) is 1. The molecule has 0 aliphatic heterocycles. The second-order valence-corrected chi connectivity index (χ2v) is 8.96. The van der Waals surface area contributed by atoms with E-state index in [1.165, 1.54) is 23.5 Å². The van der Waals surface area contributed by atoms with E-state index in [4.69, 9.17) is 9.26 Å². The summed E-state index contributed by atoms with van der Waals surface area (Å²) in [4.78, 5) is 5.48. The summed E-state index contributed by atoms with van der Waals surface area (Å²) in [5, 5.41) is 5.94. The molecule has 0 radical (unpaired) electrons. The highest BCUT2D eigenvalue weighted by molar-refractivity contribution is 7.92. The van der Waals surface area contributed by atoms with Gasteiger partial charge in [0.05, 0.1) is 28.5 Å². The molecule has 0 atom stereocenters. The van der Waals surface area contributed by atoms with Crippen molar-refractivity contribution in [3.05, 3.63) is 77.5 Å². The van der Waals surface area contributed by atoms with Gasteiger partial charge in [-0.05, 0) is 54.3 Å². The number of thiophene rings is 1. The first kappa shape index (κ1) is 20.1. The molecule has 0 aliphatic carbocycles. The molecule has 7 nitrogen and oxygen atoms in total. The smallest absolute Gasteiger partial charge is 0.261 e. The van der Waals surface area contributed by atoms with E-state index in [2.05, 4.69) is 14.9 Å². The second-order valence-electron chi connectivity index (χ2n) is 6.33. The van der Waals surface area contributed by atoms with Crippen molar-refractivity contribution < 1.29 is 17.7 Å². The summed E-state index contributed by atoms with van der Waals surface area (Å²) in [7, 11) is -3.76. The minimum atomic E-state index is -3.76. The highest BCUT2D eigenvalue weighted by Crippen LogP contribution is 2.25. The zero-order valence-electron chi connectivity index (χ0n) is 16.1. The molecule has 0 saturated heterocycles. The molecule has 0 aliphatic rings. The first-order chi connectivity index (χ1) is 14.5. The lowest BCUT2D eigenvalue weighted by atomic mass is 10.1. The molecular formula is C21H19N3O4S2. The van der Waals surface area contributed by atoms with Crippen LogP contribution in [0.15, 0.2) is 75.5 Å². The van der Waals surface area contributed by atoms with Gasteiger partial charge in [0.25, 0.3) is 10.0 Å². The lowest BCUT2D eigenvalue weighted by molar-refractivity contribution is 0.340. The Kier molecular flexibility index (Phi) is 5.82. The number of para-hydroxylation sites is 1. The zero-order valence-corrected chi connectivity index (χ0v) is 17.7. The third kappa shape index (κ3) is 4.52. The van der Waals surface area contributed by atoms with Crippen LogP contribution in [0, 0.1) is 0 Å². The number of ether oxygens (including phenoxy) is 1. The van der Waals surface area contributed by atoms with Gasteiger partial charge in [-0.25, -0.2) is 8.42 Å². The number of hydrogen-bond acceptors (Lipinski definition) is 7. The minimum absolute atomic E-state index is 0.151. The lowest BCUT2D eigenvalue weighted by Gasteiger charge is -2.12. The Morgan fingerprint density at radius 2 is 1.87 bits per heavy atom. The van der Waals surface area contributed by atoms with Crippen LogP contribution in [0.25, 0.3) is 10.7 Å². The van der Waals surface area contributed by atoms with E-state index < -0.39 is 10.0 Å². The van der Waals surface area contributed by atoms with Crippen LogP contribution < -0.4 is 9.46 Å². The fraction of sp³-hybridized carbons (Fsp3) is 0.143. The Morgan fingerprint density at radius 3 is 2.60 bits per heavy atom. The van der Waals surface area contributed by atoms with Gasteiger partial charge in [0.15, 0.2) is 0 Å². The van der Waals surface area contributed by atoms with Crippen LogP contribution in [0.1, 0.15) is 18.4 Å². The summed E-state index contributed by atoms with van der Waals surface area (Å²) in [6, 6.07) is 17.3. The second kappa shape index (κ2) is 8.68. The Morgan fingerprint density at radius 1 is 1.07 bits per heavy atom. The maximum atomic E-state index is 12.8. The van der Waals surface area contributed by atoms with Crippen LogP contribution in [-0.4, -0.2) is 25.2 Å². The molecular weight excluding hydrogens is 422 g/mol. The number of aromatic nitrogens is 2. The van der Waals surface area contributed by atoms with E-state index in [-0.39, 0.29) is 4.90 Å². The van der Waals surface area contributed by atoms with Crippen LogP contribution in [0.4, 0.5) is 5.69 Å². The molecule has 4 aromatic rings. The molecule has 154 valence electrons. The van der Waals surface area contributed by atoms with Gasteiger partial charge in [-0.2, -0.15) is 4.98 Å². The Hall–Kier alpha value is -3.17. The largest absolute Gasteiger partial charge is 0.494 e. The third-order valence-corrected chi connectivity index (χ3v) is 6.51. The van der Waals surface area contributed by atoms with Crippen LogP contribution >= 0.6 is 11.3 Å². The van der Waals surface area contributed by atoms with Crippen LogP contribution in [0.3, 0.4) is 0 Å². The minimum Gasteiger partial charge on any atom is -0.494 e. The highest BCUT2D eigenvalue weighted by atomic mass is 32.2. The molecule has 0 saturated carbocycles. The first-order valence-corrected chi connectivity index (χ1v) is 11.6. The molecule has 0 fully saturated rings. The molecule has 0 bridgehead atoms. The van der Waals surface area contributed by atoms with Crippen molar-refractivity contribution in [1.29, 1.82) is 0 Å². The molecule has 4 rings (SSSR count). The number of benzene rings is 2. The fourth-order valence-corrected chi connectivity index (χ4v) is 4.60. The molecule has 1 N–H and O–H groups in total. The van der Waals surface area contributed by atoms with Crippen LogP contribution in [-0.2, 0) is 16.4 Å². The Bertz CT molecular complexity index is 1220. The van der Waals surface area contributed by atoms with E-state index in [0.29, 0.717) is 36.2 Å². The molecule has 0 spiro atoms. The van der Waals surface area contributed by atoms with Crippen LogP contribution in [0.2, 0.25) is 0 Å². The van der Waals surface area contributed by atoms with Crippen molar-refractivity contribution in [2.45, 2.75) is 18.2 Å². The maximum Gasteiger partial charge on any atom is 0.261 e. The normalized spacial score (nSPS) is 11.4. The molecule has 0 amide bonds. The van der Waals surface area contributed by atoms with Crippen molar-refractivity contribution in [1.82, 2.24) is 10.1 Å². The predicted molar refractivity (Wildman–Crippen MR) is 115 cm³/mol. The number of sulfonamides is 1. The summed E-state index contributed by atoms with van der Waals surface area (Å²) < 4.78 is 39.0. The number of anilines is 1. The average Bonchev–Trinajstić information content (AvgIpc) is 3.42. The van der Waals surface area contributed by atoms with Crippen molar-refractivity contribution in [2.24, 2.45) is 0 Å². The van der Waals surface area contributed by atoms with Gasteiger partial charge in [-0.15, -0.1) is 11.3 Å². The van der Waals surface area contributed by atoms with Crippen molar-refractivity contribution >= 4 is 27.0 Å². The molecule has 30 heavy (non-hydrogen) atoms. The first-order valence-electron chi connectivity index (χ1n) is 9.25. The lowest BCUT2D eigenvalue weighted by Crippen LogP contribution is -2.14. The number of nitrogens with zero attached hydrogens (tertiary/aromatic N) is 2. The third-order valence-electron chi connectivity index (χ3n) is 4.26. The summed E-state index contributed by atoms with van der Waals surface area (Å²) in [5.74, 6) is 1.55. The maximum absolute atomic E-state index is 12.8. The van der Waals surface area contributed by atoms with Gasteiger partial charge in [0, 0.05) is 0 Å². The molecule has 2 heterocycles. The van der Waals surface area contributed by atoms with E-state index >= 15 is 0 Å². The molecule has 2 aromatic carbocycles. The van der Waals surface area contributed by atoms with Crippen molar-refractivity contribution in [3.8, 4) is 16.5 Å². The molecule has 9 heteroatoms. The Labute approximate surface area is 178 Å². The van der Waals surface area contributed by atoms with Gasteiger partial charge in [-0.3, -0.25) is 4.72 Å². The SMILES string of the molecule is CCOc1ccc(S(=O)(=O)Nc2ccccc2Cc2nc(-c3cccs3)no2)cc1. The van der Waals surface area contributed by atoms with Gasteiger partial charge < -0.3 is 9.26 Å². The van der Waals surface area contributed by atoms with E-state index in [9.17, 15) is 8.42 Å². The van der Waals surface area contributed by atoms with Gasteiger partial charge in [-0.1, -0.05) is 29.4 Å².